The van der Waals surface area contributed by atoms with Gasteiger partial charge in [-0.3, -0.25) is 4.73 Å². The van der Waals surface area contributed by atoms with Crippen LogP contribution in [0.1, 0.15) is 32.6 Å². The van der Waals surface area contributed by atoms with Gasteiger partial charge >= 0.3 is 0 Å². The summed E-state index contributed by atoms with van der Waals surface area (Å²) in [6, 6.07) is 1.69. The maximum atomic E-state index is 11.1. The van der Waals surface area contributed by atoms with Crippen LogP contribution in [0.2, 0.25) is 0 Å². The highest BCUT2D eigenvalue weighted by Gasteiger charge is 1.98. The lowest BCUT2D eigenvalue weighted by molar-refractivity contribution is -0.593. The van der Waals surface area contributed by atoms with Crippen LogP contribution in [0.3, 0.4) is 0 Å². The maximum absolute atomic E-state index is 11.1. The lowest BCUT2D eigenvalue weighted by atomic mass is 10.2. The van der Waals surface area contributed by atoms with Gasteiger partial charge in [0.25, 0.3) is 0 Å². The second-order valence-electron chi connectivity index (χ2n) is 3.28. The molecule has 1 aromatic heterocycles. The second kappa shape index (κ2) is 6.18. The van der Waals surface area contributed by atoms with E-state index in [0.717, 1.165) is 17.7 Å². The minimum Gasteiger partial charge on any atom is -0.740 e. The Balaban J connectivity index is 2.21. The summed E-state index contributed by atoms with van der Waals surface area (Å²) in [5, 5.41) is 14.2. The lowest BCUT2D eigenvalue weighted by Crippen LogP contribution is -2.31. The van der Waals surface area contributed by atoms with E-state index in [1.165, 1.54) is 25.6 Å². The summed E-state index contributed by atoms with van der Waals surface area (Å²) in [5.74, 6) is 0.580. The molecule has 0 aromatic carbocycles. The molecule has 0 amide bonds. The number of hydrogen-bond acceptors (Lipinski definition) is 3. The molecule has 0 fully saturated rings. The number of rotatable bonds is 6. The Morgan fingerprint density at radius 1 is 1.43 bits per heavy atom. The molecule has 1 rings (SSSR count). The minimum absolute atomic E-state index is 0.580. The molecule has 0 bridgehead atoms. The number of anilines is 1. The van der Waals surface area contributed by atoms with Gasteiger partial charge in [-0.15, -0.1) is 4.98 Å². The van der Waals surface area contributed by atoms with Crippen LogP contribution in [0.15, 0.2) is 18.6 Å². The van der Waals surface area contributed by atoms with E-state index in [9.17, 15) is 5.21 Å². The summed E-state index contributed by atoms with van der Waals surface area (Å²) in [4.78, 5) is 3.71. The molecular weight excluding hydrogens is 178 g/mol. The molecule has 0 radical (unpaired) electrons. The molecule has 0 saturated carbocycles. The molecule has 4 nitrogen and oxygen atoms in total. The third-order valence-electron chi connectivity index (χ3n) is 2.06. The predicted octanol–water partition coefficient (Wildman–Crippen LogP) is 1.71. The van der Waals surface area contributed by atoms with Crippen LogP contribution in [-0.2, 0) is 0 Å². The second-order valence-corrected chi connectivity index (χ2v) is 3.28. The van der Waals surface area contributed by atoms with E-state index in [-0.39, 0.29) is 0 Å². The SMILES string of the molecule is CCCCCCNc1ccnc[n+]1[O-]. The van der Waals surface area contributed by atoms with Gasteiger partial charge in [-0.05, 0) is 6.42 Å². The van der Waals surface area contributed by atoms with Crippen LogP contribution in [-0.4, -0.2) is 11.5 Å². The van der Waals surface area contributed by atoms with E-state index in [1.807, 2.05) is 0 Å². The van der Waals surface area contributed by atoms with Crippen molar-refractivity contribution in [2.45, 2.75) is 32.6 Å². The molecule has 0 unspecified atom stereocenters. The first-order valence-corrected chi connectivity index (χ1v) is 5.11. The Labute approximate surface area is 84.6 Å². The summed E-state index contributed by atoms with van der Waals surface area (Å²) < 4.78 is 0.750. The molecule has 0 saturated heterocycles. The zero-order valence-electron chi connectivity index (χ0n) is 8.57. The number of nitrogens with zero attached hydrogens (tertiary/aromatic N) is 2. The molecule has 1 N–H and O–H groups in total. The van der Waals surface area contributed by atoms with Crippen molar-refractivity contribution in [3.05, 3.63) is 23.8 Å². The van der Waals surface area contributed by atoms with Crippen LogP contribution in [0.25, 0.3) is 0 Å². The van der Waals surface area contributed by atoms with Crippen LogP contribution in [0.4, 0.5) is 5.82 Å². The van der Waals surface area contributed by atoms with Crippen molar-refractivity contribution in [1.29, 1.82) is 0 Å². The van der Waals surface area contributed by atoms with Crippen molar-refractivity contribution in [2.75, 3.05) is 11.9 Å². The smallest absolute Gasteiger partial charge is 0.225 e. The summed E-state index contributed by atoms with van der Waals surface area (Å²) in [6.45, 7) is 3.04. The van der Waals surface area contributed by atoms with Gasteiger partial charge in [-0.2, -0.15) is 0 Å². The maximum Gasteiger partial charge on any atom is 0.225 e. The zero-order valence-corrected chi connectivity index (χ0v) is 8.57. The molecule has 78 valence electrons. The fourth-order valence-electron chi connectivity index (χ4n) is 1.25. The Morgan fingerprint density at radius 3 is 3.00 bits per heavy atom. The van der Waals surface area contributed by atoms with Gasteiger partial charge in [-0.25, -0.2) is 0 Å². The highest BCUT2D eigenvalue weighted by molar-refractivity contribution is 5.25. The average molecular weight is 195 g/mol. The van der Waals surface area contributed by atoms with Gasteiger partial charge in [0.2, 0.25) is 12.1 Å². The molecular formula is C10H17N3O. The Morgan fingerprint density at radius 2 is 2.29 bits per heavy atom. The van der Waals surface area contributed by atoms with Crippen molar-refractivity contribution < 1.29 is 4.73 Å². The molecule has 1 heterocycles. The van der Waals surface area contributed by atoms with Crippen LogP contribution >= 0.6 is 0 Å². The van der Waals surface area contributed by atoms with Crippen LogP contribution < -0.4 is 10.0 Å². The van der Waals surface area contributed by atoms with Crippen molar-refractivity contribution in [2.24, 2.45) is 0 Å². The first kappa shape index (κ1) is 10.8. The van der Waals surface area contributed by atoms with E-state index < -0.39 is 0 Å². The van der Waals surface area contributed by atoms with Crippen LogP contribution in [0.5, 0.6) is 0 Å². The Bertz CT molecular complexity index is 265. The van der Waals surface area contributed by atoms with Crippen molar-refractivity contribution >= 4 is 5.82 Å². The highest BCUT2D eigenvalue weighted by atomic mass is 16.5. The average Bonchev–Trinajstić information content (AvgIpc) is 2.20. The molecule has 4 heteroatoms. The standard InChI is InChI=1S/C10H17N3O/c1-2-3-4-5-7-12-10-6-8-11-9-13(10)14/h6,8-9,12H,2-5,7H2,1H3. The van der Waals surface area contributed by atoms with Gasteiger partial charge in [0.15, 0.2) is 0 Å². The molecule has 0 aliphatic carbocycles. The highest BCUT2D eigenvalue weighted by Crippen LogP contribution is 2.00. The normalized spacial score (nSPS) is 10.1. The van der Waals surface area contributed by atoms with E-state index in [2.05, 4.69) is 17.2 Å². The summed E-state index contributed by atoms with van der Waals surface area (Å²) in [7, 11) is 0. The molecule has 0 aliphatic rings. The minimum atomic E-state index is 0.580. The fraction of sp³-hybridized carbons (Fsp3) is 0.600. The number of aromatic nitrogens is 2. The van der Waals surface area contributed by atoms with Gasteiger partial charge in [0.1, 0.15) is 6.20 Å². The summed E-state index contributed by atoms with van der Waals surface area (Å²) in [6.07, 6.45) is 7.69. The van der Waals surface area contributed by atoms with E-state index in [4.69, 9.17) is 0 Å². The third kappa shape index (κ3) is 3.60. The predicted molar refractivity (Wildman–Crippen MR) is 55.8 cm³/mol. The van der Waals surface area contributed by atoms with Crippen molar-refractivity contribution in [1.82, 2.24) is 4.98 Å². The van der Waals surface area contributed by atoms with E-state index in [1.54, 1.807) is 12.3 Å². The first-order chi connectivity index (χ1) is 6.84. The lowest BCUT2D eigenvalue weighted by Gasteiger charge is -2.08. The van der Waals surface area contributed by atoms with E-state index >= 15 is 0 Å². The quantitative estimate of drug-likeness (QED) is 0.427. The fourth-order valence-corrected chi connectivity index (χ4v) is 1.25. The number of nitrogens with one attached hydrogen (secondary N) is 1. The van der Waals surface area contributed by atoms with Crippen molar-refractivity contribution in [3.63, 3.8) is 0 Å². The molecule has 0 atom stereocenters. The summed E-state index contributed by atoms with van der Waals surface area (Å²) in [5.41, 5.74) is 0. The first-order valence-electron chi connectivity index (χ1n) is 5.11. The Hall–Kier alpha value is -1.32. The number of hydrogen-bond donors (Lipinski definition) is 1. The third-order valence-corrected chi connectivity index (χ3v) is 2.06. The molecule has 0 spiro atoms. The monoisotopic (exact) mass is 195 g/mol. The number of unbranched alkanes of at least 4 members (excludes halogenated alkanes) is 3. The topological polar surface area (TPSA) is 51.9 Å². The van der Waals surface area contributed by atoms with Gasteiger partial charge in [0, 0.05) is 6.07 Å². The molecule has 0 aliphatic heterocycles. The van der Waals surface area contributed by atoms with Gasteiger partial charge in [-0.1, -0.05) is 26.2 Å². The van der Waals surface area contributed by atoms with Gasteiger partial charge < -0.3 is 10.5 Å². The zero-order chi connectivity index (χ0) is 10.2. The van der Waals surface area contributed by atoms with E-state index in [0.29, 0.717) is 5.82 Å². The Kier molecular flexibility index (Phi) is 4.75. The molecule has 14 heavy (non-hydrogen) atoms. The largest absolute Gasteiger partial charge is 0.740 e. The van der Waals surface area contributed by atoms with Crippen molar-refractivity contribution in [3.8, 4) is 0 Å². The van der Waals surface area contributed by atoms with Gasteiger partial charge in [0.05, 0.1) is 6.54 Å². The van der Waals surface area contributed by atoms with Crippen LogP contribution in [0, 0.1) is 5.21 Å². The summed E-state index contributed by atoms with van der Waals surface area (Å²) >= 11 is 0. The molecule has 1 aromatic rings.